The summed E-state index contributed by atoms with van der Waals surface area (Å²) in [4.78, 5) is 16.2. The minimum absolute atomic E-state index is 0.00950. The Bertz CT molecular complexity index is 1940. The van der Waals surface area contributed by atoms with E-state index in [9.17, 15) is 17.6 Å². The second kappa shape index (κ2) is 9.89. The van der Waals surface area contributed by atoms with Gasteiger partial charge in [0.25, 0.3) is 0 Å². The number of ketones is 1. The van der Waals surface area contributed by atoms with Crippen LogP contribution in [0.15, 0.2) is 60.8 Å². The zero-order valence-electron chi connectivity index (χ0n) is 21.4. The number of carbonyl (C=O) groups is 1. The van der Waals surface area contributed by atoms with E-state index in [1.54, 1.807) is 37.3 Å². The number of H-pyrrole nitrogens is 1. The van der Waals surface area contributed by atoms with Gasteiger partial charge in [0, 0.05) is 22.0 Å². The van der Waals surface area contributed by atoms with E-state index in [1.807, 2.05) is 0 Å². The monoisotopic (exact) mass is 597 g/mol. The Morgan fingerprint density at radius 2 is 1.90 bits per heavy atom. The Morgan fingerprint density at radius 1 is 1.12 bits per heavy atom. The molecule has 0 spiro atoms. The van der Waals surface area contributed by atoms with Crippen LogP contribution in [0.25, 0.3) is 16.6 Å². The van der Waals surface area contributed by atoms with Crippen LogP contribution in [0.4, 0.5) is 20.3 Å². The third kappa shape index (κ3) is 5.11. The fourth-order valence-corrected chi connectivity index (χ4v) is 6.09. The number of aromatic nitrogens is 3. The molecule has 1 saturated carbocycles. The van der Waals surface area contributed by atoms with Crippen LogP contribution < -0.4 is 15.2 Å². The summed E-state index contributed by atoms with van der Waals surface area (Å²) in [5, 5.41) is 4.44. The van der Waals surface area contributed by atoms with Gasteiger partial charge in [0.2, 0.25) is 15.8 Å². The molecule has 4 N–H and O–H groups in total. The molecular formula is C28H22ClF2N5O4S. The van der Waals surface area contributed by atoms with Crippen molar-refractivity contribution in [3.05, 3.63) is 94.3 Å². The number of rotatable bonds is 8. The van der Waals surface area contributed by atoms with Crippen LogP contribution in [0.5, 0.6) is 11.5 Å². The van der Waals surface area contributed by atoms with Crippen LogP contribution in [-0.4, -0.2) is 34.2 Å². The first kappa shape index (κ1) is 26.8. The van der Waals surface area contributed by atoms with Crippen LogP contribution in [0.3, 0.4) is 0 Å². The smallest absolute Gasteiger partial charge is 0.235 e. The summed E-state index contributed by atoms with van der Waals surface area (Å²) in [6.45, 7) is 1.65. The number of hydrogen-bond donors (Lipinski definition) is 3. The molecule has 1 fully saturated rings. The summed E-state index contributed by atoms with van der Waals surface area (Å²) in [6.07, 6.45) is 2.27. The quantitative estimate of drug-likeness (QED) is 0.185. The van der Waals surface area contributed by atoms with Gasteiger partial charge in [-0.1, -0.05) is 17.7 Å². The molecule has 9 nitrogen and oxygen atoms in total. The van der Waals surface area contributed by atoms with E-state index >= 15 is 4.39 Å². The molecule has 0 saturated heterocycles. The number of sulfonamides is 1. The molecule has 41 heavy (non-hydrogen) atoms. The Hall–Kier alpha value is -4.42. The van der Waals surface area contributed by atoms with Gasteiger partial charge in [0.15, 0.2) is 5.82 Å². The molecule has 0 bridgehead atoms. The van der Waals surface area contributed by atoms with E-state index in [0.29, 0.717) is 40.1 Å². The van der Waals surface area contributed by atoms with Gasteiger partial charge in [0.1, 0.15) is 28.8 Å². The van der Waals surface area contributed by atoms with Crippen molar-refractivity contribution in [2.24, 2.45) is 0 Å². The molecule has 0 aliphatic heterocycles. The zero-order valence-corrected chi connectivity index (χ0v) is 23.0. The number of carbonyl (C=O) groups excluding carboxylic acids is 1. The fourth-order valence-electron chi connectivity index (χ4n) is 4.52. The molecule has 2 heterocycles. The van der Waals surface area contributed by atoms with E-state index in [0.717, 1.165) is 10.7 Å². The van der Waals surface area contributed by atoms with Gasteiger partial charge in [-0.25, -0.2) is 21.9 Å². The largest absolute Gasteiger partial charge is 0.457 e. The lowest BCUT2D eigenvalue weighted by Gasteiger charge is -2.13. The normalized spacial score (nSPS) is 13.5. The van der Waals surface area contributed by atoms with Crippen LogP contribution in [-0.2, 0) is 10.0 Å². The summed E-state index contributed by atoms with van der Waals surface area (Å²) in [6, 6.07) is 13.3. The predicted octanol–water partition coefficient (Wildman–Crippen LogP) is 6.10. The molecule has 5 aromatic rings. The Morgan fingerprint density at radius 3 is 2.61 bits per heavy atom. The molecule has 0 unspecified atom stereocenters. The van der Waals surface area contributed by atoms with Crippen LogP contribution in [0.1, 0.15) is 34.5 Å². The molecule has 0 amide bonds. The molecule has 1 aliphatic carbocycles. The maximum absolute atomic E-state index is 15.3. The van der Waals surface area contributed by atoms with Crippen molar-refractivity contribution in [3.63, 3.8) is 0 Å². The van der Waals surface area contributed by atoms with Crippen molar-refractivity contribution in [2.75, 3.05) is 10.5 Å². The molecule has 0 radical (unpaired) electrons. The molecule has 210 valence electrons. The lowest BCUT2D eigenvalue weighted by atomic mass is 10.1. The van der Waals surface area contributed by atoms with Crippen LogP contribution >= 0.6 is 11.6 Å². The Labute approximate surface area is 237 Å². The van der Waals surface area contributed by atoms with E-state index in [-0.39, 0.29) is 34.2 Å². The number of hydrogen-bond acceptors (Lipinski definition) is 6. The summed E-state index contributed by atoms with van der Waals surface area (Å²) >= 11 is 5.99. The number of nitrogens with one attached hydrogen (secondary N) is 2. The molecular weight excluding hydrogens is 576 g/mol. The zero-order chi connectivity index (χ0) is 29.1. The first-order valence-electron chi connectivity index (χ1n) is 12.5. The van der Waals surface area contributed by atoms with Crippen molar-refractivity contribution in [1.29, 1.82) is 0 Å². The van der Waals surface area contributed by atoms with Gasteiger partial charge >= 0.3 is 0 Å². The molecule has 6 rings (SSSR count). The van der Waals surface area contributed by atoms with Crippen molar-refractivity contribution < 1.29 is 26.7 Å². The number of fused-ring (bicyclic) bond motifs is 1. The minimum Gasteiger partial charge on any atom is -0.457 e. The third-order valence-corrected chi connectivity index (χ3v) is 8.78. The lowest BCUT2D eigenvalue weighted by Crippen LogP contribution is -2.18. The first-order valence-corrected chi connectivity index (χ1v) is 14.4. The van der Waals surface area contributed by atoms with E-state index < -0.39 is 32.7 Å². The highest BCUT2D eigenvalue weighted by molar-refractivity contribution is 7.93. The van der Waals surface area contributed by atoms with E-state index in [4.69, 9.17) is 22.1 Å². The van der Waals surface area contributed by atoms with Gasteiger partial charge in [-0.2, -0.15) is 5.10 Å². The molecule has 13 heteroatoms. The number of nitrogens with zero attached hydrogens (tertiary/aromatic N) is 2. The number of nitrogen functional groups attached to an aromatic ring is 1. The van der Waals surface area contributed by atoms with Crippen molar-refractivity contribution in [1.82, 2.24) is 14.8 Å². The summed E-state index contributed by atoms with van der Waals surface area (Å²) in [5.41, 5.74) is 6.91. The number of ether oxygens (including phenoxy) is 1. The highest BCUT2D eigenvalue weighted by atomic mass is 35.5. The molecule has 3 aromatic carbocycles. The highest BCUT2D eigenvalue weighted by Gasteiger charge is 2.36. The van der Waals surface area contributed by atoms with Crippen LogP contribution in [0.2, 0.25) is 5.02 Å². The fraction of sp³-hybridized carbons (Fsp3) is 0.143. The average Bonchev–Trinajstić information content (AvgIpc) is 3.60. The predicted molar refractivity (Wildman–Crippen MR) is 151 cm³/mol. The SMILES string of the molecule is Cc1cc(Oc2cccc(Cl)c2)cc(F)c1-n1ncc(C(=O)c2cc3cc(F)c(NS(=O)(=O)C4CC4)cc3[nH]2)c1N. The van der Waals surface area contributed by atoms with E-state index in [1.165, 1.54) is 24.4 Å². The molecule has 2 aromatic heterocycles. The number of anilines is 2. The maximum Gasteiger partial charge on any atom is 0.235 e. The van der Waals surface area contributed by atoms with Gasteiger partial charge in [-0.3, -0.25) is 9.52 Å². The van der Waals surface area contributed by atoms with E-state index in [2.05, 4.69) is 14.8 Å². The molecule has 1 aliphatic rings. The summed E-state index contributed by atoms with van der Waals surface area (Å²) in [7, 11) is -3.68. The lowest BCUT2D eigenvalue weighted by molar-refractivity contribution is 0.103. The second-order valence-corrected chi connectivity index (χ2v) is 12.2. The number of halogens is 3. The van der Waals surface area contributed by atoms with Crippen LogP contribution in [0, 0.1) is 18.6 Å². The van der Waals surface area contributed by atoms with Crippen molar-refractivity contribution in [2.45, 2.75) is 25.0 Å². The second-order valence-electron chi connectivity index (χ2n) is 9.76. The van der Waals surface area contributed by atoms with Gasteiger partial charge < -0.3 is 15.5 Å². The Balaban J connectivity index is 1.28. The third-order valence-electron chi connectivity index (χ3n) is 6.69. The first-order chi connectivity index (χ1) is 19.5. The summed E-state index contributed by atoms with van der Waals surface area (Å²) in [5.74, 6) is -1.47. The minimum atomic E-state index is -3.68. The highest BCUT2D eigenvalue weighted by Crippen LogP contribution is 2.33. The maximum atomic E-state index is 15.3. The summed E-state index contributed by atoms with van der Waals surface area (Å²) < 4.78 is 63.6. The van der Waals surface area contributed by atoms with Gasteiger partial charge in [0.05, 0.1) is 28.4 Å². The van der Waals surface area contributed by atoms with Gasteiger partial charge in [-0.15, -0.1) is 0 Å². The average molecular weight is 598 g/mol. The van der Waals surface area contributed by atoms with Crippen molar-refractivity contribution in [3.8, 4) is 17.2 Å². The standard InChI is InChI=1S/C28H22ClF2N5O4S/c1-14-7-18(40-17-4-2-3-16(29)10-17)11-22(31)26(14)36-28(32)20(13-33-36)27(37)25-9-15-8-21(30)24(12-23(15)34-25)35-41(38,39)19-5-6-19/h2-4,7-13,19,34-35H,5-6,32H2,1H3. The van der Waals surface area contributed by atoms with Gasteiger partial charge in [-0.05, 0) is 67.8 Å². The Kier molecular flexibility index (Phi) is 6.46. The number of nitrogens with two attached hydrogens (primary N) is 1. The number of aromatic amines is 1. The van der Waals surface area contributed by atoms with Crippen molar-refractivity contribution >= 4 is 49.8 Å². The molecule has 0 atom stereocenters. The number of benzene rings is 3. The number of aryl methyl sites for hydroxylation is 1. The topological polar surface area (TPSA) is 132 Å².